The molecule has 2 aliphatic rings. The minimum atomic E-state index is -0.944. The number of carbonyl (C=O) groups excluding carboxylic acids is 1. The third-order valence-electron chi connectivity index (χ3n) is 6.07. The number of ether oxygens (including phenoxy) is 1. The van der Waals surface area contributed by atoms with Crippen LogP contribution in [0.4, 0.5) is 14.9 Å². The molecule has 0 radical (unpaired) electrons. The summed E-state index contributed by atoms with van der Waals surface area (Å²) >= 11 is 0. The Labute approximate surface area is 186 Å². The van der Waals surface area contributed by atoms with Gasteiger partial charge >= 0.3 is 6.09 Å². The van der Waals surface area contributed by atoms with Gasteiger partial charge in [-0.25, -0.2) is 9.18 Å². The normalized spacial score (nSPS) is 24.8. The van der Waals surface area contributed by atoms with Gasteiger partial charge in [0.2, 0.25) is 0 Å². The number of rotatable bonds is 2. The van der Waals surface area contributed by atoms with Crippen LogP contribution in [0.2, 0.25) is 0 Å². The average Bonchev–Trinajstić information content (AvgIpc) is 3.01. The average molecular weight is 450 g/mol. The number of nitrogens with one attached hydrogen (secondary N) is 1. The summed E-state index contributed by atoms with van der Waals surface area (Å²) in [5.74, 6) is -0.694. The van der Waals surface area contributed by atoms with Gasteiger partial charge in [-0.2, -0.15) is 5.10 Å². The van der Waals surface area contributed by atoms with Crippen molar-refractivity contribution >= 4 is 22.7 Å². The lowest BCUT2D eigenvalue weighted by atomic mass is 9.91. The van der Waals surface area contributed by atoms with Gasteiger partial charge in [-0.15, -0.1) is 0 Å². The number of nitrogens with zero attached hydrogens (tertiary/aromatic N) is 4. The molecule has 3 N–H and O–H groups in total. The number of amides is 1. The maximum atomic E-state index is 15.2. The predicted octanol–water partition coefficient (Wildman–Crippen LogP) is 1.87. The largest absolute Gasteiger partial charge is 0.444 e. The molecule has 10 heteroatoms. The third kappa shape index (κ3) is 4.53. The summed E-state index contributed by atoms with van der Waals surface area (Å²) in [6.07, 6.45) is -1.01. The Bertz CT molecular complexity index is 996. The summed E-state index contributed by atoms with van der Waals surface area (Å²) < 4.78 is 22.3. The monoisotopic (exact) mass is 449 g/mol. The third-order valence-corrected chi connectivity index (χ3v) is 6.07. The van der Waals surface area contributed by atoms with Crippen LogP contribution in [0.25, 0.3) is 10.9 Å². The van der Waals surface area contributed by atoms with Gasteiger partial charge in [-0.3, -0.25) is 10.00 Å². The summed E-state index contributed by atoms with van der Waals surface area (Å²) in [5, 5.41) is 28.0. The van der Waals surface area contributed by atoms with Gasteiger partial charge < -0.3 is 24.7 Å². The molecule has 32 heavy (non-hydrogen) atoms. The Morgan fingerprint density at radius 2 is 1.88 bits per heavy atom. The highest BCUT2D eigenvalue weighted by molar-refractivity contribution is 5.86. The first-order valence-electron chi connectivity index (χ1n) is 11.0. The number of fused-ring (bicyclic) bond motifs is 1. The first kappa shape index (κ1) is 22.8. The number of hydrogen-bond acceptors (Lipinski definition) is 7. The quantitative estimate of drug-likeness (QED) is 0.643. The Balaban J connectivity index is 1.54. The SMILES string of the molecule is Cn1nc(C2CCC(O)NC2O)c2cc(F)c(N3CCN(C(=O)OC(C)(C)C)CC3)cc21. The highest BCUT2D eigenvalue weighted by atomic mass is 19.1. The Kier molecular flexibility index (Phi) is 6.04. The number of benzene rings is 1. The molecule has 3 unspecified atom stereocenters. The zero-order chi connectivity index (χ0) is 23.2. The summed E-state index contributed by atoms with van der Waals surface area (Å²) in [6, 6.07) is 3.26. The summed E-state index contributed by atoms with van der Waals surface area (Å²) in [5.41, 5.74) is 1.30. The summed E-state index contributed by atoms with van der Waals surface area (Å²) in [7, 11) is 1.80. The van der Waals surface area contributed by atoms with Crippen LogP contribution in [0.5, 0.6) is 0 Å². The van der Waals surface area contributed by atoms with E-state index in [0.29, 0.717) is 55.8 Å². The lowest BCUT2D eigenvalue weighted by Gasteiger charge is -2.36. The van der Waals surface area contributed by atoms with Crippen LogP contribution in [0, 0.1) is 5.82 Å². The topological polar surface area (TPSA) is 103 Å². The van der Waals surface area contributed by atoms with E-state index in [9.17, 15) is 15.0 Å². The van der Waals surface area contributed by atoms with Gasteiger partial charge in [0.05, 0.1) is 16.9 Å². The molecule has 2 aliphatic heterocycles. The zero-order valence-electron chi connectivity index (χ0n) is 19.0. The van der Waals surface area contributed by atoms with Crippen molar-refractivity contribution < 1.29 is 24.1 Å². The summed E-state index contributed by atoms with van der Waals surface area (Å²) in [4.78, 5) is 15.9. The fourth-order valence-electron chi connectivity index (χ4n) is 4.44. The van der Waals surface area contributed by atoms with Crippen molar-refractivity contribution in [3.8, 4) is 0 Å². The summed E-state index contributed by atoms with van der Waals surface area (Å²) in [6.45, 7) is 7.39. The molecule has 2 aromatic rings. The highest BCUT2D eigenvalue weighted by Gasteiger charge is 2.33. The van der Waals surface area contributed by atoms with Crippen LogP contribution in [-0.4, -0.2) is 75.2 Å². The molecule has 2 saturated heterocycles. The lowest BCUT2D eigenvalue weighted by molar-refractivity contribution is -0.0107. The zero-order valence-corrected chi connectivity index (χ0v) is 19.0. The molecule has 3 atom stereocenters. The Morgan fingerprint density at radius 1 is 1.19 bits per heavy atom. The molecule has 1 aromatic heterocycles. The molecule has 1 aromatic carbocycles. The van der Waals surface area contributed by atoms with E-state index in [0.717, 1.165) is 5.52 Å². The van der Waals surface area contributed by atoms with Crippen molar-refractivity contribution in [1.29, 1.82) is 0 Å². The standard InChI is InChI=1S/C22H32FN5O4/c1-22(2,3)32-21(31)28-9-7-27(8-10-28)17-12-16-14(11-15(17)23)19(25-26(16)4)13-5-6-18(29)24-20(13)30/h11-13,18,20,24,29-30H,5-10H2,1-4H3. The Morgan fingerprint density at radius 3 is 2.50 bits per heavy atom. The van der Waals surface area contributed by atoms with Crippen LogP contribution >= 0.6 is 0 Å². The van der Waals surface area contributed by atoms with Crippen molar-refractivity contribution in [1.82, 2.24) is 20.0 Å². The first-order valence-corrected chi connectivity index (χ1v) is 11.0. The molecule has 1 amide bonds. The van der Waals surface area contributed by atoms with Gasteiger partial charge in [0.15, 0.2) is 0 Å². The molecule has 3 heterocycles. The molecular weight excluding hydrogens is 417 g/mol. The molecule has 9 nitrogen and oxygen atoms in total. The van der Waals surface area contributed by atoms with Crippen molar-refractivity contribution in [2.75, 3.05) is 31.1 Å². The van der Waals surface area contributed by atoms with Gasteiger partial charge in [-0.05, 0) is 45.7 Å². The molecule has 0 spiro atoms. The maximum absolute atomic E-state index is 15.2. The second-order valence-electron chi connectivity index (χ2n) is 9.60. The van der Waals surface area contributed by atoms with Gasteiger partial charge in [0, 0.05) is 44.5 Å². The number of aliphatic hydroxyl groups is 2. The molecule has 0 bridgehead atoms. The maximum Gasteiger partial charge on any atom is 0.410 e. The Hall–Kier alpha value is -2.43. The van der Waals surface area contributed by atoms with E-state index in [1.54, 1.807) is 22.7 Å². The van der Waals surface area contributed by atoms with Crippen LogP contribution in [-0.2, 0) is 11.8 Å². The van der Waals surface area contributed by atoms with E-state index < -0.39 is 18.1 Å². The number of piperazine rings is 1. The number of aliphatic hydroxyl groups excluding tert-OH is 2. The number of halogens is 1. The van der Waals surface area contributed by atoms with E-state index in [2.05, 4.69) is 10.4 Å². The van der Waals surface area contributed by atoms with E-state index >= 15 is 4.39 Å². The molecular formula is C22H32FN5O4. The van der Waals surface area contributed by atoms with E-state index in [1.807, 2.05) is 25.7 Å². The molecule has 0 saturated carbocycles. The van der Waals surface area contributed by atoms with Crippen LogP contribution in [0.1, 0.15) is 45.2 Å². The minimum Gasteiger partial charge on any atom is -0.444 e. The number of piperidine rings is 1. The second-order valence-corrected chi connectivity index (χ2v) is 9.60. The van der Waals surface area contributed by atoms with Gasteiger partial charge in [0.25, 0.3) is 0 Å². The number of anilines is 1. The van der Waals surface area contributed by atoms with Crippen molar-refractivity contribution in [2.45, 2.75) is 57.6 Å². The fourth-order valence-corrected chi connectivity index (χ4v) is 4.44. The van der Waals surface area contributed by atoms with E-state index in [4.69, 9.17) is 4.74 Å². The lowest BCUT2D eigenvalue weighted by Crippen LogP contribution is -2.50. The van der Waals surface area contributed by atoms with E-state index in [-0.39, 0.29) is 17.8 Å². The van der Waals surface area contributed by atoms with E-state index in [1.165, 1.54) is 6.07 Å². The van der Waals surface area contributed by atoms with Crippen molar-refractivity contribution in [3.05, 3.63) is 23.6 Å². The second kappa shape index (κ2) is 8.49. The number of aryl methyl sites for hydroxylation is 1. The van der Waals surface area contributed by atoms with Crippen molar-refractivity contribution in [3.63, 3.8) is 0 Å². The first-order chi connectivity index (χ1) is 15.0. The highest BCUT2D eigenvalue weighted by Crippen LogP contribution is 2.35. The fraction of sp³-hybridized carbons (Fsp3) is 0.636. The number of hydrogen-bond donors (Lipinski definition) is 3. The molecule has 2 fully saturated rings. The molecule has 0 aliphatic carbocycles. The van der Waals surface area contributed by atoms with Crippen LogP contribution in [0.15, 0.2) is 12.1 Å². The van der Waals surface area contributed by atoms with Gasteiger partial charge in [0.1, 0.15) is 23.9 Å². The number of aromatic nitrogens is 2. The van der Waals surface area contributed by atoms with Crippen LogP contribution in [0.3, 0.4) is 0 Å². The number of carbonyl (C=O) groups is 1. The molecule has 4 rings (SSSR count). The molecule has 176 valence electrons. The predicted molar refractivity (Wildman–Crippen MR) is 118 cm³/mol. The smallest absolute Gasteiger partial charge is 0.410 e. The minimum absolute atomic E-state index is 0.329. The van der Waals surface area contributed by atoms with Crippen LogP contribution < -0.4 is 10.2 Å². The van der Waals surface area contributed by atoms with Gasteiger partial charge in [-0.1, -0.05) is 0 Å². The van der Waals surface area contributed by atoms with Crippen molar-refractivity contribution in [2.24, 2.45) is 7.05 Å².